The summed E-state index contributed by atoms with van der Waals surface area (Å²) in [7, 11) is 3.35. The highest BCUT2D eigenvalue weighted by molar-refractivity contribution is 5.54. The predicted octanol–water partition coefficient (Wildman–Crippen LogP) is 0.800. The smallest absolute Gasteiger partial charge is 0.282 e. The van der Waals surface area contributed by atoms with Gasteiger partial charge in [0.05, 0.1) is 14.2 Å². The Morgan fingerprint density at radius 3 is 2.13 bits per heavy atom. The number of nitrogens with one attached hydrogen (secondary N) is 2. The zero-order valence-corrected chi connectivity index (χ0v) is 18.6. The van der Waals surface area contributed by atoms with Crippen molar-refractivity contribution < 1.29 is 23.8 Å². The molecule has 1 aliphatic rings. The number of ether oxygens (including phenoxy) is 2. The van der Waals surface area contributed by atoms with Crippen LogP contribution in [0.1, 0.15) is 23.9 Å². The summed E-state index contributed by atoms with van der Waals surface area (Å²) in [5.41, 5.74) is 3.59. The number of rotatable bonds is 8. The Bertz CT molecular complexity index is 979. The number of hydrogen-bond donors (Lipinski definition) is 2. The number of aryl methyl sites for hydroxylation is 1. The second-order valence-corrected chi connectivity index (χ2v) is 8.11. The summed E-state index contributed by atoms with van der Waals surface area (Å²) in [4.78, 5) is 7.70. The Labute approximate surface area is 183 Å². The minimum atomic E-state index is 0.676. The van der Waals surface area contributed by atoms with Crippen LogP contribution in [0.5, 0.6) is 11.5 Å². The maximum atomic E-state index is 5.53. The third-order valence-electron chi connectivity index (χ3n) is 6.06. The second kappa shape index (κ2) is 9.94. The minimum absolute atomic E-state index is 0.676. The van der Waals surface area contributed by atoms with Crippen LogP contribution in [0, 0.1) is 0 Å². The fourth-order valence-electron chi connectivity index (χ4n) is 4.14. The van der Waals surface area contributed by atoms with Crippen molar-refractivity contribution in [2.75, 3.05) is 40.4 Å². The van der Waals surface area contributed by atoms with E-state index in [1.54, 1.807) is 19.1 Å². The Morgan fingerprint density at radius 2 is 1.48 bits per heavy atom. The molecule has 0 amide bonds. The molecule has 164 valence electrons. The van der Waals surface area contributed by atoms with Gasteiger partial charge in [-0.25, -0.2) is 0 Å². The van der Waals surface area contributed by atoms with Crippen LogP contribution in [0.4, 0.5) is 0 Å². The standard InChI is InChI=1S/C24H30N4O3/c1-4-18-5-8-20(9-6-18)24-25-23(31-26-24)17-28-13-11-27(12-14-28)16-19-7-10-21(29-2)22(15-19)30-3/h5-10,15H,4,11-14,16-17H2,1-3H3/p+2. The third kappa shape index (κ3) is 5.24. The van der Waals surface area contributed by atoms with Crippen LogP contribution in [-0.4, -0.2) is 50.5 Å². The zero-order chi connectivity index (χ0) is 21.6. The molecule has 0 unspecified atom stereocenters. The molecule has 7 heteroatoms. The van der Waals surface area contributed by atoms with Crippen molar-refractivity contribution in [3.8, 4) is 22.9 Å². The fraction of sp³-hybridized carbons (Fsp3) is 0.417. The molecule has 7 nitrogen and oxygen atoms in total. The topological polar surface area (TPSA) is 66.3 Å². The van der Waals surface area contributed by atoms with E-state index in [9.17, 15) is 0 Å². The van der Waals surface area contributed by atoms with E-state index in [0.29, 0.717) is 11.7 Å². The van der Waals surface area contributed by atoms with Gasteiger partial charge in [0.1, 0.15) is 32.7 Å². The Hall–Kier alpha value is -2.90. The van der Waals surface area contributed by atoms with Crippen LogP contribution >= 0.6 is 0 Å². The van der Waals surface area contributed by atoms with Crippen LogP contribution in [0.15, 0.2) is 47.0 Å². The van der Waals surface area contributed by atoms with E-state index in [4.69, 9.17) is 14.0 Å². The summed E-state index contributed by atoms with van der Waals surface area (Å²) in [6.07, 6.45) is 1.03. The zero-order valence-electron chi connectivity index (χ0n) is 18.6. The van der Waals surface area contributed by atoms with Gasteiger partial charge in [-0.1, -0.05) is 36.3 Å². The van der Waals surface area contributed by atoms with Gasteiger partial charge in [0, 0.05) is 11.1 Å². The van der Waals surface area contributed by atoms with Gasteiger partial charge in [-0.2, -0.15) is 4.98 Å². The van der Waals surface area contributed by atoms with Gasteiger partial charge in [-0.3, -0.25) is 0 Å². The number of piperazine rings is 1. The van der Waals surface area contributed by atoms with Gasteiger partial charge in [0.15, 0.2) is 18.0 Å². The summed E-state index contributed by atoms with van der Waals surface area (Å²) in [5.74, 6) is 2.96. The van der Waals surface area contributed by atoms with Crippen molar-refractivity contribution in [3.05, 3.63) is 59.5 Å². The molecule has 1 fully saturated rings. The van der Waals surface area contributed by atoms with E-state index in [1.165, 1.54) is 16.0 Å². The van der Waals surface area contributed by atoms with Crippen LogP contribution < -0.4 is 19.3 Å². The lowest BCUT2D eigenvalue weighted by atomic mass is 10.1. The summed E-state index contributed by atoms with van der Waals surface area (Å²) >= 11 is 0. The van der Waals surface area contributed by atoms with Crippen molar-refractivity contribution in [1.29, 1.82) is 0 Å². The molecule has 0 aliphatic carbocycles. The normalized spacial score (nSPS) is 18.7. The maximum absolute atomic E-state index is 5.53. The highest BCUT2D eigenvalue weighted by Crippen LogP contribution is 2.27. The van der Waals surface area contributed by atoms with Crippen LogP contribution in [-0.2, 0) is 19.5 Å². The summed E-state index contributed by atoms with van der Waals surface area (Å²) in [6, 6.07) is 14.6. The number of nitrogens with zero attached hydrogens (tertiary/aromatic N) is 2. The second-order valence-electron chi connectivity index (χ2n) is 8.11. The Balaban J connectivity index is 1.29. The predicted molar refractivity (Wildman–Crippen MR) is 117 cm³/mol. The van der Waals surface area contributed by atoms with E-state index >= 15 is 0 Å². The molecule has 1 saturated heterocycles. The monoisotopic (exact) mass is 424 g/mol. The average molecular weight is 425 g/mol. The molecule has 2 heterocycles. The molecule has 0 atom stereocenters. The lowest BCUT2D eigenvalue weighted by molar-refractivity contribution is -1.02. The van der Waals surface area contributed by atoms with E-state index in [0.717, 1.165) is 62.8 Å². The van der Waals surface area contributed by atoms with Crippen molar-refractivity contribution in [3.63, 3.8) is 0 Å². The van der Waals surface area contributed by atoms with E-state index in [1.807, 2.05) is 6.07 Å². The molecule has 0 radical (unpaired) electrons. The largest absolute Gasteiger partial charge is 0.493 e. The third-order valence-corrected chi connectivity index (χ3v) is 6.06. The maximum Gasteiger partial charge on any atom is 0.282 e. The van der Waals surface area contributed by atoms with Gasteiger partial charge < -0.3 is 23.8 Å². The molecular formula is C24H32N4O3+2. The molecular weight excluding hydrogens is 392 g/mol. The first-order valence-corrected chi connectivity index (χ1v) is 11.0. The lowest BCUT2D eigenvalue weighted by Crippen LogP contribution is -3.27. The van der Waals surface area contributed by atoms with Gasteiger partial charge >= 0.3 is 0 Å². The van der Waals surface area contributed by atoms with E-state index in [-0.39, 0.29) is 0 Å². The first kappa shape index (κ1) is 21.3. The fourth-order valence-corrected chi connectivity index (χ4v) is 4.14. The molecule has 2 N–H and O–H groups in total. The van der Waals surface area contributed by atoms with Crippen LogP contribution in [0.3, 0.4) is 0 Å². The highest BCUT2D eigenvalue weighted by atomic mass is 16.5. The SMILES string of the molecule is CCc1ccc(-c2noc(C[NH+]3CC[NH+](Cc4ccc(OC)c(OC)c4)CC3)n2)cc1. The summed E-state index contributed by atoms with van der Waals surface area (Å²) < 4.78 is 16.3. The number of quaternary nitrogens is 2. The molecule has 1 aliphatic heterocycles. The molecule has 31 heavy (non-hydrogen) atoms. The number of aromatic nitrogens is 2. The molecule has 0 saturated carbocycles. The van der Waals surface area contributed by atoms with Gasteiger partial charge in [0.25, 0.3) is 5.89 Å². The van der Waals surface area contributed by atoms with E-state index in [2.05, 4.69) is 53.5 Å². The quantitative estimate of drug-likeness (QED) is 0.560. The molecule has 0 bridgehead atoms. The summed E-state index contributed by atoms with van der Waals surface area (Å²) in [6.45, 7) is 8.33. The number of benzene rings is 2. The first-order valence-electron chi connectivity index (χ1n) is 11.0. The molecule has 0 spiro atoms. The summed E-state index contributed by atoms with van der Waals surface area (Å²) in [5, 5.41) is 4.18. The average Bonchev–Trinajstić information content (AvgIpc) is 3.28. The minimum Gasteiger partial charge on any atom is -0.493 e. The van der Waals surface area contributed by atoms with Crippen LogP contribution in [0.25, 0.3) is 11.4 Å². The molecule has 1 aromatic heterocycles. The Kier molecular flexibility index (Phi) is 6.84. The Morgan fingerprint density at radius 1 is 0.839 bits per heavy atom. The molecule has 3 aromatic rings. The van der Waals surface area contributed by atoms with Crippen molar-refractivity contribution in [2.45, 2.75) is 26.4 Å². The van der Waals surface area contributed by atoms with Gasteiger partial charge in [-0.05, 0) is 30.2 Å². The van der Waals surface area contributed by atoms with Crippen molar-refractivity contribution in [1.82, 2.24) is 10.1 Å². The van der Waals surface area contributed by atoms with Gasteiger partial charge in [-0.15, -0.1) is 0 Å². The van der Waals surface area contributed by atoms with Crippen LogP contribution in [0.2, 0.25) is 0 Å². The number of hydrogen-bond acceptors (Lipinski definition) is 5. The van der Waals surface area contributed by atoms with E-state index < -0.39 is 0 Å². The lowest BCUT2D eigenvalue weighted by Gasteiger charge is -2.29. The molecule has 2 aromatic carbocycles. The van der Waals surface area contributed by atoms with Gasteiger partial charge in [0.2, 0.25) is 5.82 Å². The first-order chi connectivity index (χ1) is 15.2. The van der Waals surface area contributed by atoms with Crippen molar-refractivity contribution >= 4 is 0 Å². The highest BCUT2D eigenvalue weighted by Gasteiger charge is 2.25. The molecule has 4 rings (SSSR count). The number of methoxy groups -OCH3 is 2. The van der Waals surface area contributed by atoms with Crippen molar-refractivity contribution in [2.24, 2.45) is 0 Å².